The van der Waals surface area contributed by atoms with Crippen molar-refractivity contribution in [3.63, 3.8) is 0 Å². The van der Waals surface area contributed by atoms with E-state index >= 15 is 0 Å². The summed E-state index contributed by atoms with van der Waals surface area (Å²) in [5.74, 6) is 1.86. The minimum Gasteiger partial charge on any atom is -0.497 e. The molecule has 2 N–H and O–H groups in total. The number of nitrogens with zero attached hydrogens (tertiary/aromatic N) is 8. The smallest absolute Gasteiger partial charge is 0.178 e. The van der Waals surface area contributed by atoms with Crippen molar-refractivity contribution in [2.45, 2.75) is 25.8 Å². The molecule has 0 saturated heterocycles. The predicted octanol–water partition coefficient (Wildman–Crippen LogP) is 2.21. The molecule has 0 radical (unpaired) electrons. The Balaban J connectivity index is 1.56. The van der Waals surface area contributed by atoms with E-state index < -0.39 is 0 Å². The number of nitriles is 1. The van der Waals surface area contributed by atoms with Crippen LogP contribution < -0.4 is 15.4 Å². The zero-order chi connectivity index (χ0) is 20.7. The first-order valence-corrected chi connectivity index (χ1v) is 9.41. The molecule has 0 bridgehead atoms. The van der Waals surface area contributed by atoms with Crippen molar-refractivity contribution in [1.29, 1.82) is 5.26 Å². The number of ether oxygens (including phenoxy) is 1. The molecular formula is C19H18N10O. The van der Waals surface area contributed by atoms with Gasteiger partial charge in [-0.05, 0) is 36.3 Å². The molecule has 0 amide bonds. The van der Waals surface area contributed by atoms with Crippen molar-refractivity contribution in [2.24, 2.45) is 0 Å². The van der Waals surface area contributed by atoms with Crippen molar-refractivity contribution in [1.82, 2.24) is 34.8 Å². The van der Waals surface area contributed by atoms with Crippen LogP contribution in [0.5, 0.6) is 5.75 Å². The molecule has 5 rings (SSSR count). The van der Waals surface area contributed by atoms with Gasteiger partial charge in [-0.1, -0.05) is 0 Å². The Hall–Kier alpha value is -4.20. The molecular weight excluding hydrogens is 384 g/mol. The molecule has 0 atom stereocenters. The summed E-state index contributed by atoms with van der Waals surface area (Å²) in [6, 6.07) is 10.0. The van der Waals surface area contributed by atoms with E-state index in [2.05, 4.69) is 42.3 Å². The Bertz CT molecular complexity index is 1280. The van der Waals surface area contributed by atoms with Crippen molar-refractivity contribution < 1.29 is 4.74 Å². The van der Waals surface area contributed by atoms with Crippen molar-refractivity contribution >= 4 is 22.8 Å². The lowest BCUT2D eigenvalue weighted by Crippen LogP contribution is -2.08. The fraction of sp³-hybridized carbons (Fsp3) is 0.263. The summed E-state index contributed by atoms with van der Waals surface area (Å²) in [6.07, 6.45) is 3.76. The molecule has 1 saturated carbocycles. The van der Waals surface area contributed by atoms with Crippen LogP contribution in [0.25, 0.3) is 11.3 Å². The fourth-order valence-corrected chi connectivity index (χ4v) is 3.17. The molecule has 0 spiro atoms. The van der Waals surface area contributed by atoms with Crippen LogP contribution in [-0.4, -0.2) is 48.0 Å². The second-order valence-electron chi connectivity index (χ2n) is 7.04. The summed E-state index contributed by atoms with van der Waals surface area (Å²) >= 11 is 0. The van der Waals surface area contributed by atoms with Crippen LogP contribution in [0.2, 0.25) is 0 Å². The van der Waals surface area contributed by atoms with E-state index in [0.717, 1.165) is 29.9 Å². The Morgan fingerprint density at radius 1 is 1.23 bits per heavy atom. The first-order chi connectivity index (χ1) is 14.6. The summed E-state index contributed by atoms with van der Waals surface area (Å²) < 4.78 is 8.60. The maximum absolute atomic E-state index is 9.40. The van der Waals surface area contributed by atoms with Gasteiger partial charge in [0.05, 0.1) is 24.7 Å². The minimum absolute atomic E-state index is 0.364. The number of aromatic nitrogens is 7. The number of rotatable bonds is 6. The maximum atomic E-state index is 9.40. The number of nitrogens with one attached hydrogen (secondary N) is 2. The normalized spacial score (nSPS) is 13.2. The lowest BCUT2D eigenvalue weighted by Gasteiger charge is -2.13. The Labute approximate surface area is 171 Å². The van der Waals surface area contributed by atoms with E-state index in [-0.39, 0.29) is 0 Å². The highest BCUT2D eigenvalue weighted by Gasteiger charge is 2.23. The largest absolute Gasteiger partial charge is 0.497 e. The van der Waals surface area contributed by atoms with Crippen LogP contribution in [-0.2, 0) is 0 Å². The van der Waals surface area contributed by atoms with Crippen molar-refractivity contribution in [3.8, 4) is 17.5 Å². The molecule has 1 fully saturated rings. The molecule has 11 nitrogen and oxygen atoms in total. The van der Waals surface area contributed by atoms with Gasteiger partial charge in [-0.25, -0.2) is 4.98 Å². The van der Waals surface area contributed by atoms with Crippen LogP contribution in [0.3, 0.4) is 0 Å². The quantitative estimate of drug-likeness (QED) is 0.498. The van der Waals surface area contributed by atoms with Crippen molar-refractivity contribution in [2.75, 3.05) is 17.7 Å². The van der Waals surface area contributed by atoms with Crippen LogP contribution in [0.15, 0.2) is 30.5 Å². The highest BCUT2D eigenvalue weighted by atomic mass is 16.5. The monoisotopic (exact) mass is 402 g/mol. The standard InChI is InChI=1S/C19H18N10O/c1-11-24-26-27-28(11)14-5-13(6-16(7-14)30-2)23-18-8-17(22-12-3-4-12)19-21-10-15(9-20)29(19)25-18/h5-8,10,12,22H,3-4H2,1-2H3,(H,23,25). The lowest BCUT2D eigenvalue weighted by molar-refractivity contribution is 0.414. The Morgan fingerprint density at radius 2 is 2.10 bits per heavy atom. The third-order valence-electron chi connectivity index (χ3n) is 4.79. The first kappa shape index (κ1) is 17.9. The summed E-state index contributed by atoms with van der Waals surface area (Å²) in [7, 11) is 1.60. The van der Waals surface area contributed by atoms with Gasteiger partial charge in [-0.2, -0.15) is 14.5 Å². The topological polar surface area (TPSA) is 131 Å². The Morgan fingerprint density at radius 3 is 2.80 bits per heavy atom. The van der Waals surface area contributed by atoms with Gasteiger partial charge >= 0.3 is 0 Å². The first-order valence-electron chi connectivity index (χ1n) is 9.41. The maximum Gasteiger partial charge on any atom is 0.178 e. The predicted molar refractivity (Wildman–Crippen MR) is 108 cm³/mol. The van der Waals surface area contributed by atoms with E-state index in [1.807, 2.05) is 31.2 Å². The average molecular weight is 402 g/mol. The van der Waals surface area contributed by atoms with E-state index in [4.69, 9.17) is 4.74 Å². The number of hydrogen-bond acceptors (Lipinski definition) is 9. The second-order valence-corrected chi connectivity index (χ2v) is 7.04. The lowest BCUT2D eigenvalue weighted by atomic mass is 10.2. The van der Waals surface area contributed by atoms with Gasteiger partial charge in [0.2, 0.25) is 0 Å². The van der Waals surface area contributed by atoms with Gasteiger partial charge in [-0.3, -0.25) is 0 Å². The summed E-state index contributed by atoms with van der Waals surface area (Å²) in [6.45, 7) is 1.82. The summed E-state index contributed by atoms with van der Waals surface area (Å²) in [5.41, 5.74) is 3.30. The molecule has 1 aromatic carbocycles. The minimum atomic E-state index is 0.364. The third kappa shape index (κ3) is 3.24. The number of aryl methyl sites for hydroxylation is 1. The zero-order valence-electron chi connectivity index (χ0n) is 16.4. The van der Waals surface area contributed by atoms with E-state index in [0.29, 0.717) is 34.8 Å². The molecule has 1 aliphatic rings. The molecule has 4 aromatic rings. The number of imidazole rings is 1. The van der Waals surface area contributed by atoms with Gasteiger partial charge < -0.3 is 15.4 Å². The number of tetrazole rings is 1. The number of methoxy groups -OCH3 is 1. The van der Waals surface area contributed by atoms with Gasteiger partial charge in [0.15, 0.2) is 23.0 Å². The van der Waals surface area contributed by atoms with E-state index in [1.165, 1.54) is 6.20 Å². The molecule has 0 unspecified atom stereocenters. The van der Waals surface area contributed by atoms with Crippen molar-refractivity contribution in [3.05, 3.63) is 42.0 Å². The van der Waals surface area contributed by atoms with E-state index in [9.17, 15) is 5.26 Å². The van der Waals surface area contributed by atoms with Gasteiger partial charge in [0.1, 0.15) is 11.8 Å². The highest BCUT2D eigenvalue weighted by Crippen LogP contribution is 2.30. The van der Waals surface area contributed by atoms with Crippen LogP contribution >= 0.6 is 0 Å². The number of fused-ring (bicyclic) bond motifs is 1. The van der Waals surface area contributed by atoms with E-state index in [1.54, 1.807) is 16.3 Å². The fourth-order valence-electron chi connectivity index (χ4n) is 3.17. The molecule has 1 aliphatic carbocycles. The van der Waals surface area contributed by atoms with Crippen LogP contribution in [0, 0.1) is 18.3 Å². The number of benzene rings is 1. The molecule has 150 valence electrons. The number of anilines is 3. The molecule has 11 heteroatoms. The highest BCUT2D eigenvalue weighted by molar-refractivity contribution is 5.74. The van der Waals surface area contributed by atoms with Crippen LogP contribution in [0.1, 0.15) is 24.4 Å². The Kier molecular flexibility index (Phi) is 4.17. The average Bonchev–Trinajstić information content (AvgIpc) is 3.29. The summed E-state index contributed by atoms with van der Waals surface area (Å²) in [5, 5.41) is 32.4. The molecule has 3 heterocycles. The SMILES string of the molecule is COc1cc(Nc2cc(NC3CC3)c3ncc(C#N)n3n2)cc(-n2nnnc2C)c1. The third-order valence-corrected chi connectivity index (χ3v) is 4.79. The molecule has 30 heavy (non-hydrogen) atoms. The molecule has 3 aromatic heterocycles. The van der Waals surface area contributed by atoms with Gasteiger partial charge in [0, 0.05) is 29.9 Å². The van der Waals surface area contributed by atoms with Crippen LogP contribution in [0.4, 0.5) is 17.2 Å². The second kappa shape index (κ2) is 7.00. The zero-order valence-corrected chi connectivity index (χ0v) is 16.4. The van der Waals surface area contributed by atoms with Gasteiger partial charge in [-0.15, -0.1) is 10.2 Å². The molecule has 0 aliphatic heterocycles. The summed E-state index contributed by atoms with van der Waals surface area (Å²) in [4.78, 5) is 4.35. The van der Waals surface area contributed by atoms with Gasteiger partial charge in [0.25, 0.3) is 0 Å². The number of hydrogen-bond donors (Lipinski definition) is 2.